The van der Waals surface area contributed by atoms with Crippen molar-refractivity contribution in [1.82, 2.24) is 4.98 Å². The first-order chi connectivity index (χ1) is 9.72. The zero-order valence-electron chi connectivity index (χ0n) is 10.2. The molecule has 20 heavy (non-hydrogen) atoms. The number of amides is 1. The van der Waals surface area contributed by atoms with Crippen LogP contribution >= 0.6 is 22.9 Å². The molecule has 0 saturated heterocycles. The molecule has 0 saturated carbocycles. The summed E-state index contributed by atoms with van der Waals surface area (Å²) in [6, 6.07) is 14.3. The first-order valence-electron chi connectivity index (χ1n) is 5.81. The number of carbonyl (C=O) groups is 1. The van der Waals surface area contributed by atoms with Crippen LogP contribution < -0.4 is 10.1 Å². The van der Waals surface area contributed by atoms with Crippen molar-refractivity contribution >= 4 is 44.4 Å². The number of hydrogen-bond donors (Lipinski definition) is 1. The average molecular weight is 305 g/mol. The van der Waals surface area contributed by atoms with Gasteiger partial charge in [0.05, 0.1) is 9.72 Å². The van der Waals surface area contributed by atoms with Crippen molar-refractivity contribution in [1.29, 1.82) is 0 Å². The van der Waals surface area contributed by atoms with Crippen LogP contribution in [0.5, 0.6) is 5.75 Å². The van der Waals surface area contributed by atoms with Crippen LogP contribution in [-0.4, -0.2) is 11.1 Å². The Balaban J connectivity index is 1.76. The number of nitrogens with one attached hydrogen (secondary N) is 1. The molecule has 6 heteroatoms. The van der Waals surface area contributed by atoms with Gasteiger partial charge in [0, 0.05) is 0 Å². The number of nitrogens with zero attached hydrogens (tertiary/aromatic N) is 1. The van der Waals surface area contributed by atoms with Crippen LogP contribution in [0, 0.1) is 0 Å². The number of ether oxygens (including phenoxy) is 1. The third kappa shape index (κ3) is 2.74. The molecule has 1 aromatic heterocycles. The van der Waals surface area contributed by atoms with Gasteiger partial charge in [-0.25, -0.2) is 9.78 Å². The smallest absolute Gasteiger partial charge is 0.410 e. The van der Waals surface area contributed by atoms with Gasteiger partial charge in [-0.1, -0.05) is 47.2 Å². The predicted molar refractivity (Wildman–Crippen MR) is 80.7 cm³/mol. The van der Waals surface area contributed by atoms with Gasteiger partial charge in [0.25, 0.3) is 0 Å². The van der Waals surface area contributed by atoms with E-state index < -0.39 is 6.09 Å². The molecule has 1 N–H and O–H groups in total. The second-order valence-corrected chi connectivity index (χ2v) is 5.37. The molecule has 1 amide bonds. The summed E-state index contributed by atoms with van der Waals surface area (Å²) in [6.45, 7) is 0. The largest absolute Gasteiger partial charge is 0.418 e. The predicted octanol–water partition coefficient (Wildman–Crippen LogP) is 4.56. The Bertz CT molecular complexity index is 758. The highest BCUT2D eigenvalue weighted by atomic mass is 35.5. The zero-order chi connectivity index (χ0) is 13.9. The summed E-state index contributed by atoms with van der Waals surface area (Å²) in [4.78, 5) is 16.0. The van der Waals surface area contributed by atoms with E-state index in [0.717, 1.165) is 4.70 Å². The number of anilines is 1. The Labute approximate surface area is 124 Å². The Kier molecular flexibility index (Phi) is 3.54. The molecule has 0 radical (unpaired) electrons. The number of halogens is 1. The summed E-state index contributed by atoms with van der Waals surface area (Å²) in [7, 11) is 0. The Morgan fingerprint density at radius 2 is 1.95 bits per heavy atom. The molecule has 0 spiro atoms. The molecule has 0 aliphatic rings. The van der Waals surface area contributed by atoms with Crippen LogP contribution in [-0.2, 0) is 0 Å². The van der Waals surface area contributed by atoms with E-state index in [-0.39, 0.29) is 0 Å². The Morgan fingerprint density at radius 3 is 2.70 bits per heavy atom. The van der Waals surface area contributed by atoms with Crippen LogP contribution in [0.2, 0.25) is 5.02 Å². The summed E-state index contributed by atoms with van der Waals surface area (Å²) in [5.41, 5.74) is 0.675. The van der Waals surface area contributed by atoms with Gasteiger partial charge in [-0.05, 0) is 24.3 Å². The maximum Gasteiger partial charge on any atom is 0.418 e. The van der Waals surface area contributed by atoms with Crippen LogP contribution in [0.3, 0.4) is 0 Å². The summed E-state index contributed by atoms with van der Waals surface area (Å²) in [6.07, 6.45) is -0.577. The molecule has 3 rings (SSSR count). The first-order valence-corrected chi connectivity index (χ1v) is 7.01. The summed E-state index contributed by atoms with van der Waals surface area (Å²) in [5.74, 6) is 0.476. The summed E-state index contributed by atoms with van der Waals surface area (Å²) < 4.78 is 6.04. The van der Waals surface area contributed by atoms with Gasteiger partial charge in [0.1, 0.15) is 11.3 Å². The molecule has 0 bridgehead atoms. The fourth-order valence-electron chi connectivity index (χ4n) is 1.68. The van der Waals surface area contributed by atoms with Gasteiger partial charge in [0.2, 0.25) is 0 Å². The van der Waals surface area contributed by atoms with Crippen LogP contribution in [0.15, 0.2) is 48.5 Å². The van der Waals surface area contributed by atoms with Gasteiger partial charge in [-0.15, -0.1) is 0 Å². The molecule has 3 aromatic rings. The van der Waals surface area contributed by atoms with Crippen LogP contribution in [0.25, 0.3) is 10.2 Å². The van der Waals surface area contributed by atoms with Gasteiger partial charge >= 0.3 is 6.09 Å². The number of para-hydroxylation sites is 2. The second-order valence-electron chi connectivity index (χ2n) is 3.93. The minimum absolute atomic E-state index is 0.453. The maximum absolute atomic E-state index is 11.7. The van der Waals surface area contributed by atoms with Crippen LogP contribution in [0.4, 0.5) is 9.93 Å². The quantitative estimate of drug-likeness (QED) is 0.755. The SMILES string of the molecule is O=C(Nc1nc2c(Cl)cccc2s1)Oc1ccccc1. The third-order valence-corrected chi connectivity index (χ3v) is 3.77. The monoisotopic (exact) mass is 304 g/mol. The molecular weight excluding hydrogens is 296 g/mol. The average Bonchev–Trinajstić information content (AvgIpc) is 2.83. The lowest BCUT2D eigenvalue weighted by Crippen LogP contribution is -2.16. The molecular formula is C14H9ClN2O2S. The number of benzene rings is 2. The van der Waals surface area contributed by atoms with E-state index in [9.17, 15) is 4.79 Å². The standard InChI is InChI=1S/C14H9ClN2O2S/c15-10-7-4-8-11-12(10)16-13(20-11)17-14(18)19-9-5-2-1-3-6-9/h1-8H,(H,16,17,18). The lowest BCUT2D eigenvalue weighted by Gasteiger charge is -2.03. The van der Waals surface area contributed by atoms with Crippen molar-refractivity contribution in [2.75, 3.05) is 5.32 Å². The van der Waals surface area contributed by atoms with E-state index in [4.69, 9.17) is 16.3 Å². The van der Waals surface area contributed by atoms with Crippen molar-refractivity contribution in [3.63, 3.8) is 0 Å². The van der Waals surface area contributed by atoms with Gasteiger partial charge < -0.3 is 4.74 Å². The lowest BCUT2D eigenvalue weighted by atomic mass is 10.3. The fourth-order valence-corrected chi connectivity index (χ4v) is 2.83. The summed E-state index contributed by atoms with van der Waals surface area (Å²) >= 11 is 7.38. The number of hydrogen-bond acceptors (Lipinski definition) is 4. The van der Waals surface area contributed by atoms with Crippen LogP contribution in [0.1, 0.15) is 0 Å². The summed E-state index contributed by atoms with van der Waals surface area (Å²) in [5, 5.41) is 3.61. The highest BCUT2D eigenvalue weighted by molar-refractivity contribution is 7.22. The molecule has 1 heterocycles. The minimum Gasteiger partial charge on any atom is -0.410 e. The highest BCUT2D eigenvalue weighted by Crippen LogP contribution is 2.30. The number of thiazole rings is 1. The van der Waals surface area contributed by atoms with Gasteiger partial charge in [-0.3, -0.25) is 5.32 Å². The molecule has 100 valence electrons. The molecule has 4 nitrogen and oxygen atoms in total. The van der Waals surface area contributed by atoms with Gasteiger partial charge in [0.15, 0.2) is 5.13 Å². The molecule has 0 aliphatic heterocycles. The Hall–Kier alpha value is -2.11. The minimum atomic E-state index is -0.577. The molecule has 0 unspecified atom stereocenters. The number of carbonyl (C=O) groups excluding carboxylic acids is 1. The maximum atomic E-state index is 11.7. The van der Waals surface area contributed by atoms with Crippen molar-refractivity contribution in [3.05, 3.63) is 53.6 Å². The fraction of sp³-hybridized carbons (Fsp3) is 0. The first kappa shape index (κ1) is 12.9. The van der Waals surface area contributed by atoms with E-state index in [0.29, 0.717) is 21.4 Å². The van der Waals surface area contributed by atoms with Crippen molar-refractivity contribution in [3.8, 4) is 5.75 Å². The molecule has 2 aromatic carbocycles. The highest BCUT2D eigenvalue weighted by Gasteiger charge is 2.10. The number of rotatable bonds is 2. The third-order valence-electron chi connectivity index (χ3n) is 2.53. The molecule has 0 aliphatic carbocycles. The number of fused-ring (bicyclic) bond motifs is 1. The zero-order valence-corrected chi connectivity index (χ0v) is 11.7. The van der Waals surface area contributed by atoms with E-state index in [2.05, 4.69) is 10.3 Å². The molecule has 0 atom stereocenters. The van der Waals surface area contributed by atoms with Crippen molar-refractivity contribution in [2.24, 2.45) is 0 Å². The topological polar surface area (TPSA) is 51.2 Å². The van der Waals surface area contributed by atoms with E-state index in [1.807, 2.05) is 18.2 Å². The van der Waals surface area contributed by atoms with E-state index >= 15 is 0 Å². The lowest BCUT2D eigenvalue weighted by molar-refractivity contribution is 0.215. The van der Waals surface area contributed by atoms with Gasteiger partial charge in [-0.2, -0.15) is 0 Å². The van der Waals surface area contributed by atoms with E-state index in [1.54, 1.807) is 30.3 Å². The Morgan fingerprint density at radius 1 is 1.15 bits per heavy atom. The molecule has 0 fully saturated rings. The van der Waals surface area contributed by atoms with E-state index in [1.165, 1.54) is 11.3 Å². The number of aromatic nitrogens is 1. The normalized spacial score (nSPS) is 10.4. The van der Waals surface area contributed by atoms with Crippen molar-refractivity contribution in [2.45, 2.75) is 0 Å². The van der Waals surface area contributed by atoms with Crippen molar-refractivity contribution < 1.29 is 9.53 Å². The second kappa shape index (κ2) is 5.48.